The number of cyclic esters (lactones) is 1. The zero-order valence-corrected chi connectivity index (χ0v) is 15.1. The molecule has 1 amide bonds. The zero-order valence-electron chi connectivity index (χ0n) is 13.0. The molecule has 0 saturated carbocycles. The summed E-state index contributed by atoms with van der Waals surface area (Å²) in [6.07, 6.45) is 0.113. The van der Waals surface area contributed by atoms with Crippen LogP contribution < -0.4 is 5.32 Å². The molecule has 1 heterocycles. The predicted octanol–water partition coefficient (Wildman–Crippen LogP) is 0.620. The van der Waals surface area contributed by atoms with Crippen LogP contribution in [0.5, 0.6) is 0 Å². The van der Waals surface area contributed by atoms with Gasteiger partial charge in [0.15, 0.2) is 6.10 Å². The number of nitrogens with one attached hydrogen (secondary N) is 1. The highest BCUT2D eigenvalue weighted by molar-refractivity contribution is 14.1. The molecule has 0 aliphatic carbocycles. The van der Waals surface area contributed by atoms with Crippen LogP contribution in [0.2, 0.25) is 0 Å². The molecule has 3 atom stereocenters. The summed E-state index contributed by atoms with van der Waals surface area (Å²) >= 11 is 2.00. The van der Waals surface area contributed by atoms with E-state index in [0.717, 1.165) is 0 Å². The number of esters is 3. The van der Waals surface area contributed by atoms with Gasteiger partial charge in [0.2, 0.25) is 11.4 Å². The monoisotopic (exact) mass is 439 g/mol. The van der Waals surface area contributed by atoms with Gasteiger partial charge in [0.25, 0.3) is 0 Å². The maximum atomic E-state index is 12.4. The Bertz CT molecular complexity index is 533. The Hall–Kier alpha value is -1.65. The fraction of sp³-hybridized carbons (Fsp3) is 0.571. The van der Waals surface area contributed by atoms with Crippen molar-refractivity contribution in [1.82, 2.24) is 5.32 Å². The van der Waals surface area contributed by atoms with Crippen LogP contribution in [0.4, 0.5) is 0 Å². The number of carbonyl (C=O) groups excluding carboxylic acids is 4. The lowest BCUT2D eigenvalue weighted by Gasteiger charge is -2.31. The van der Waals surface area contributed by atoms with Crippen molar-refractivity contribution >= 4 is 46.4 Å². The van der Waals surface area contributed by atoms with Crippen LogP contribution in [0.25, 0.3) is 0 Å². The lowest BCUT2D eigenvalue weighted by atomic mass is 9.91. The summed E-state index contributed by atoms with van der Waals surface area (Å²) < 4.78 is 17.1. The number of halogens is 1. The molecule has 1 N–H and O–H groups in total. The Morgan fingerprint density at radius 3 is 2.43 bits per heavy atom. The van der Waals surface area contributed by atoms with Crippen LogP contribution in [-0.2, 0) is 33.4 Å². The fourth-order valence-corrected chi connectivity index (χ4v) is 2.57. The lowest BCUT2D eigenvalue weighted by Crippen LogP contribution is -2.63. The van der Waals surface area contributed by atoms with E-state index in [1.807, 2.05) is 22.6 Å². The van der Waals surface area contributed by atoms with E-state index in [0.29, 0.717) is 0 Å². The highest BCUT2D eigenvalue weighted by atomic mass is 127. The molecular formula is C14H18INO7. The van der Waals surface area contributed by atoms with Crippen molar-refractivity contribution in [2.75, 3.05) is 6.61 Å². The summed E-state index contributed by atoms with van der Waals surface area (Å²) in [5, 5.41) is 2.43. The quantitative estimate of drug-likeness (QED) is 0.367. The number of amides is 1. The molecule has 1 aliphatic heterocycles. The van der Waals surface area contributed by atoms with Crippen molar-refractivity contribution in [2.45, 2.75) is 44.9 Å². The summed E-state index contributed by atoms with van der Waals surface area (Å²) in [7, 11) is 0. The Labute approximate surface area is 147 Å². The van der Waals surface area contributed by atoms with E-state index in [4.69, 9.17) is 14.2 Å². The topological polar surface area (TPSA) is 108 Å². The van der Waals surface area contributed by atoms with Crippen LogP contribution in [0.3, 0.4) is 0 Å². The summed E-state index contributed by atoms with van der Waals surface area (Å²) in [6, 6.07) is 0. The van der Waals surface area contributed by atoms with Gasteiger partial charge in [-0.2, -0.15) is 0 Å². The first-order valence-electron chi connectivity index (χ1n) is 6.78. The van der Waals surface area contributed by atoms with Crippen molar-refractivity contribution in [1.29, 1.82) is 0 Å². The molecule has 1 rings (SSSR count). The minimum atomic E-state index is -1.76. The van der Waals surface area contributed by atoms with E-state index in [9.17, 15) is 19.2 Å². The average Bonchev–Trinajstić information content (AvgIpc) is 2.67. The van der Waals surface area contributed by atoms with Gasteiger partial charge in [0, 0.05) is 27.2 Å². The highest BCUT2D eigenvalue weighted by Crippen LogP contribution is 2.32. The second-order valence-corrected chi connectivity index (χ2v) is 5.72. The van der Waals surface area contributed by atoms with Gasteiger partial charge in [-0.3, -0.25) is 14.4 Å². The van der Waals surface area contributed by atoms with Gasteiger partial charge in [0.1, 0.15) is 12.7 Å². The van der Waals surface area contributed by atoms with E-state index >= 15 is 0 Å². The minimum absolute atomic E-state index is 0.286. The molecule has 0 aromatic carbocycles. The van der Waals surface area contributed by atoms with E-state index < -0.39 is 48.2 Å². The molecular weight excluding hydrogens is 421 g/mol. The smallest absolute Gasteiger partial charge is 0.340 e. The van der Waals surface area contributed by atoms with E-state index in [1.54, 1.807) is 10.2 Å². The fourth-order valence-electron chi connectivity index (χ4n) is 2.28. The van der Waals surface area contributed by atoms with Crippen molar-refractivity contribution < 1.29 is 33.4 Å². The second kappa shape index (κ2) is 8.27. The van der Waals surface area contributed by atoms with Crippen LogP contribution in [0, 0.1) is 0 Å². The van der Waals surface area contributed by atoms with Crippen molar-refractivity contribution in [3.8, 4) is 0 Å². The van der Waals surface area contributed by atoms with Gasteiger partial charge in [-0.1, -0.05) is 28.7 Å². The second-order valence-electron chi connectivity index (χ2n) is 5.00. The van der Waals surface area contributed by atoms with Gasteiger partial charge in [0.05, 0.1) is 0 Å². The molecule has 0 aromatic rings. The molecule has 128 valence electrons. The first-order valence-corrected chi connectivity index (χ1v) is 8.03. The SMILES string of the molecule is CC(=O)N[C@]1(COC(C)=O)C(=O)O[C@H](C/C=C/I)[C@@H]1OC(C)=O. The first kappa shape index (κ1) is 19.4. The third-order valence-electron chi connectivity index (χ3n) is 3.10. The normalized spacial score (nSPS) is 26.7. The summed E-state index contributed by atoms with van der Waals surface area (Å²) in [5.74, 6) is -2.64. The van der Waals surface area contributed by atoms with E-state index in [2.05, 4.69) is 5.32 Å². The summed E-state index contributed by atoms with van der Waals surface area (Å²) in [4.78, 5) is 46.4. The number of rotatable bonds is 6. The highest BCUT2D eigenvalue weighted by Gasteiger charge is 2.61. The van der Waals surface area contributed by atoms with Gasteiger partial charge in [-0.05, 0) is 4.08 Å². The molecule has 0 unspecified atom stereocenters. The van der Waals surface area contributed by atoms with E-state index in [-0.39, 0.29) is 6.42 Å². The Morgan fingerprint density at radius 1 is 1.30 bits per heavy atom. The van der Waals surface area contributed by atoms with Gasteiger partial charge in [-0.15, -0.1) is 0 Å². The lowest BCUT2D eigenvalue weighted by molar-refractivity contribution is -0.159. The van der Waals surface area contributed by atoms with Crippen molar-refractivity contribution in [2.24, 2.45) is 0 Å². The molecule has 23 heavy (non-hydrogen) atoms. The van der Waals surface area contributed by atoms with Crippen molar-refractivity contribution in [3.05, 3.63) is 10.2 Å². The zero-order chi connectivity index (χ0) is 17.6. The number of hydrogen-bond acceptors (Lipinski definition) is 7. The molecule has 0 radical (unpaired) electrons. The molecule has 0 bridgehead atoms. The molecule has 8 nitrogen and oxygen atoms in total. The third-order valence-corrected chi connectivity index (χ3v) is 3.61. The van der Waals surface area contributed by atoms with Crippen molar-refractivity contribution in [3.63, 3.8) is 0 Å². The molecule has 1 aliphatic rings. The number of hydrogen-bond donors (Lipinski definition) is 1. The van der Waals surface area contributed by atoms with Gasteiger partial charge >= 0.3 is 17.9 Å². The largest absolute Gasteiger partial charge is 0.463 e. The molecule has 0 aromatic heterocycles. The van der Waals surface area contributed by atoms with E-state index in [1.165, 1.54) is 20.8 Å². The molecule has 1 fully saturated rings. The maximum absolute atomic E-state index is 12.4. The van der Waals surface area contributed by atoms with Crippen LogP contribution in [0.15, 0.2) is 10.2 Å². The first-order chi connectivity index (χ1) is 10.7. The van der Waals surface area contributed by atoms with Gasteiger partial charge < -0.3 is 19.5 Å². The summed E-state index contributed by atoms with van der Waals surface area (Å²) in [6.45, 7) is 3.06. The molecule has 1 saturated heterocycles. The van der Waals surface area contributed by atoms with Crippen LogP contribution in [0.1, 0.15) is 27.2 Å². The Morgan fingerprint density at radius 2 is 1.96 bits per heavy atom. The Kier molecular flexibility index (Phi) is 6.98. The molecule has 9 heteroatoms. The number of carbonyl (C=O) groups is 4. The van der Waals surface area contributed by atoms with Crippen LogP contribution >= 0.6 is 22.6 Å². The predicted molar refractivity (Wildman–Crippen MR) is 86.4 cm³/mol. The summed E-state index contributed by atoms with van der Waals surface area (Å²) in [5.41, 5.74) is -1.76. The van der Waals surface area contributed by atoms with Crippen LogP contribution in [-0.4, -0.2) is 48.2 Å². The Balaban J connectivity index is 3.21. The maximum Gasteiger partial charge on any atom is 0.340 e. The third kappa shape index (κ3) is 4.91. The van der Waals surface area contributed by atoms with Gasteiger partial charge in [-0.25, -0.2) is 4.79 Å². The minimum Gasteiger partial charge on any atom is -0.463 e. The number of ether oxygens (including phenoxy) is 3. The average molecular weight is 439 g/mol. The standard InChI is InChI=1S/C14H18INO7/c1-8(17)16-14(7-21-9(2)18)12(22-10(3)19)11(5-4-6-15)23-13(14)20/h4,6,11-12H,5,7H2,1-3H3,(H,16,17)/b6-4+/t11-,12+,14+/m1/s1. The molecule has 0 spiro atoms.